The highest BCUT2D eigenvalue weighted by Gasteiger charge is 2.09. The van der Waals surface area contributed by atoms with Crippen LogP contribution < -0.4 is 0 Å². The molecule has 0 radical (unpaired) electrons. The Kier molecular flexibility index (Phi) is 3.58. The summed E-state index contributed by atoms with van der Waals surface area (Å²) in [6, 6.07) is 28.2. The van der Waals surface area contributed by atoms with E-state index < -0.39 is 0 Å². The molecule has 26 heavy (non-hydrogen) atoms. The lowest BCUT2D eigenvalue weighted by Gasteiger charge is -2.03. The van der Waals surface area contributed by atoms with E-state index in [0.29, 0.717) is 0 Å². The van der Waals surface area contributed by atoms with Crippen LogP contribution in [0.25, 0.3) is 42.6 Å². The maximum absolute atomic E-state index is 4.54. The number of pyridine rings is 1. The monoisotopic (exact) mass is 351 g/mol. The maximum atomic E-state index is 4.54. The first-order chi connectivity index (χ1) is 12.8. The second-order valence-electron chi connectivity index (χ2n) is 6.61. The van der Waals surface area contributed by atoms with Crippen molar-refractivity contribution in [1.82, 2.24) is 4.98 Å². The molecule has 5 aromatic rings. The summed E-state index contributed by atoms with van der Waals surface area (Å²) in [5.74, 6) is 0. The predicted molar refractivity (Wildman–Crippen MR) is 113 cm³/mol. The summed E-state index contributed by atoms with van der Waals surface area (Å²) in [5.41, 5.74) is 5.97. The number of aryl methyl sites for hydroxylation is 1. The molecule has 124 valence electrons. The molecular weight excluding hydrogens is 334 g/mol. The van der Waals surface area contributed by atoms with Gasteiger partial charge in [-0.15, -0.1) is 11.3 Å². The molecule has 0 unspecified atom stereocenters. The first kappa shape index (κ1) is 15.3. The van der Waals surface area contributed by atoms with Gasteiger partial charge in [0.25, 0.3) is 0 Å². The van der Waals surface area contributed by atoms with E-state index in [9.17, 15) is 0 Å². The van der Waals surface area contributed by atoms with Gasteiger partial charge in [-0.1, -0.05) is 48.5 Å². The van der Waals surface area contributed by atoms with Gasteiger partial charge in [-0.3, -0.25) is 4.98 Å². The molecular formula is C24H17NS. The summed E-state index contributed by atoms with van der Waals surface area (Å²) in [5, 5.41) is 2.63. The Labute approximate surface area is 156 Å². The molecule has 0 fully saturated rings. The van der Waals surface area contributed by atoms with E-state index in [1.165, 1.54) is 42.4 Å². The van der Waals surface area contributed by atoms with E-state index in [-0.39, 0.29) is 0 Å². The van der Waals surface area contributed by atoms with Gasteiger partial charge in [-0.05, 0) is 53.9 Å². The van der Waals surface area contributed by atoms with Gasteiger partial charge in [0.2, 0.25) is 0 Å². The van der Waals surface area contributed by atoms with Crippen molar-refractivity contribution in [2.24, 2.45) is 0 Å². The number of hydrogen-bond acceptors (Lipinski definition) is 2. The summed E-state index contributed by atoms with van der Waals surface area (Å²) < 4.78 is 2.65. The quantitative estimate of drug-likeness (QED) is 0.331. The number of benzene rings is 3. The molecule has 0 bridgehead atoms. The predicted octanol–water partition coefficient (Wildman–Crippen LogP) is 7.09. The van der Waals surface area contributed by atoms with Crippen molar-refractivity contribution in [2.75, 3.05) is 0 Å². The van der Waals surface area contributed by atoms with Crippen LogP contribution in [0.5, 0.6) is 0 Å². The zero-order valence-electron chi connectivity index (χ0n) is 14.4. The Bertz CT molecular complexity index is 1240. The lowest BCUT2D eigenvalue weighted by Crippen LogP contribution is -1.83. The molecule has 0 aliphatic rings. The van der Waals surface area contributed by atoms with Gasteiger partial charge in [0.05, 0.1) is 5.69 Å². The number of thiophene rings is 1. The molecule has 1 nitrogen and oxygen atoms in total. The Morgan fingerprint density at radius 1 is 0.654 bits per heavy atom. The Hall–Kier alpha value is -2.97. The van der Waals surface area contributed by atoms with Gasteiger partial charge >= 0.3 is 0 Å². The summed E-state index contributed by atoms with van der Waals surface area (Å²) in [6.07, 6.45) is 1.88. The number of fused-ring (bicyclic) bond motifs is 3. The van der Waals surface area contributed by atoms with Crippen LogP contribution in [0, 0.1) is 6.92 Å². The van der Waals surface area contributed by atoms with Crippen molar-refractivity contribution in [3.8, 4) is 22.4 Å². The maximum Gasteiger partial charge on any atom is 0.0704 e. The third kappa shape index (κ3) is 2.59. The van der Waals surface area contributed by atoms with E-state index in [1.54, 1.807) is 0 Å². The van der Waals surface area contributed by atoms with Gasteiger partial charge in [0.15, 0.2) is 0 Å². The fraction of sp³-hybridized carbons (Fsp3) is 0.0417. The lowest BCUT2D eigenvalue weighted by molar-refractivity contribution is 1.29. The normalized spacial score (nSPS) is 11.3. The van der Waals surface area contributed by atoms with E-state index in [1.807, 2.05) is 23.6 Å². The molecule has 5 rings (SSSR count). The van der Waals surface area contributed by atoms with Gasteiger partial charge in [-0.2, -0.15) is 0 Å². The smallest absolute Gasteiger partial charge is 0.0704 e. The number of hydrogen-bond donors (Lipinski definition) is 0. The third-order valence-corrected chi connectivity index (χ3v) is 5.92. The van der Waals surface area contributed by atoms with E-state index >= 15 is 0 Å². The summed E-state index contributed by atoms with van der Waals surface area (Å²) in [7, 11) is 0. The van der Waals surface area contributed by atoms with Gasteiger partial charge in [0, 0.05) is 31.9 Å². The average molecular weight is 351 g/mol. The van der Waals surface area contributed by atoms with Crippen LogP contribution in [0.2, 0.25) is 0 Å². The van der Waals surface area contributed by atoms with Crippen LogP contribution in [0.4, 0.5) is 0 Å². The SMILES string of the molecule is Cc1ccnc(-c2ccc3sc4cc(-c5ccccc5)ccc4c3c2)c1. The van der Waals surface area contributed by atoms with Crippen molar-refractivity contribution in [3.63, 3.8) is 0 Å². The van der Waals surface area contributed by atoms with Crippen molar-refractivity contribution in [3.05, 3.63) is 90.6 Å². The minimum atomic E-state index is 1.03. The largest absolute Gasteiger partial charge is 0.256 e. The molecule has 0 saturated heterocycles. The minimum absolute atomic E-state index is 1.03. The van der Waals surface area contributed by atoms with Crippen LogP contribution >= 0.6 is 11.3 Å². The average Bonchev–Trinajstić information content (AvgIpc) is 3.05. The van der Waals surface area contributed by atoms with Crippen molar-refractivity contribution < 1.29 is 0 Å². The molecule has 0 aliphatic heterocycles. The zero-order valence-corrected chi connectivity index (χ0v) is 15.3. The topological polar surface area (TPSA) is 12.9 Å². The fourth-order valence-electron chi connectivity index (χ4n) is 3.44. The van der Waals surface area contributed by atoms with Crippen LogP contribution in [-0.2, 0) is 0 Å². The van der Waals surface area contributed by atoms with E-state index in [0.717, 1.165) is 5.69 Å². The molecule has 0 saturated carbocycles. The molecule has 2 heterocycles. The molecule has 0 atom stereocenters. The third-order valence-electron chi connectivity index (χ3n) is 4.79. The van der Waals surface area contributed by atoms with Gasteiger partial charge < -0.3 is 0 Å². The summed E-state index contributed by atoms with van der Waals surface area (Å²) in [4.78, 5) is 4.54. The second-order valence-corrected chi connectivity index (χ2v) is 7.69. The van der Waals surface area contributed by atoms with E-state index in [2.05, 4.69) is 84.7 Å². The number of rotatable bonds is 2. The first-order valence-electron chi connectivity index (χ1n) is 8.73. The highest BCUT2D eigenvalue weighted by molar-refractivity contribution is 7.25. The van der Waals surface area contributed by atoms with Crippen LogP contribution in [0.15, 0.2) is 85.1 Å². The van der Waals surface area contributed by atoms with Crippen molar-refractivity contribution >= 4 is 31.5 Å². The molecule has 0 amide bonds. The molecule has 2 aromatic heterocycles. The molecule has 2 heteroatoms. The first-order valence-corrected chi connectivity index (χ1v) is 9.54. The summed E-state index contributed by atoms with van der Waals surface area (Å²) >= 11 is 1.86. The Balaban J connectivity index is 1.68. The van der Waals surface area contributed by atoms with Crippen molar-refractivity contribution in [2.45, 2.75) is 6.92 Å². The zero-order chi connectivity index (χ0) is 17.5. The van der Waals surface area contributed by atoms with Crippen LogP contribution in [0.3, 0.4) is 0 Å². The highest BCUT2D eigenvalue weighted by atomic mass is 32.1. The van der Waals surface area contributed by atoms with Gasteiger partial charge in [-0.25, -0.2) is 0 Å². The van der Waals surface area contributed by atoms with Crippen molar-refractivity contribution in [1.29, 1.82) is 0 Å². The molecule has 0 spiro atoms. The summed E-state index contributed by atoms with van der Waals surface area (Å²) in [6.45, 7) is 2.11. The number of nitrogens with zero attached hydrogens (tertiary/aromatic N) is 1. The Morgan fingerprint density at radius 3 is 2.35 bits per heavy atom. The van der Waals surface area contributed by atoms with Gasteiger partial charge in [0.1, 0.15) is 0 Å². The van der Waals surface area contributed by atoms with Crippen LogP contribution in [0.1, 0.15) is 5.56 Å². The van der Waals surface area contributed by atoms with E-state index in [4.69, 9.17) is 0 Å². The van der Waals surface area contributed by atoms with Crippen LogP contribution in [-0.4, -0.2) is 4.98 Å². The minimum Gasteiger partial charge on any atom is -0.256 e. The fourth-order valence-corrected chi connectivity index (χ4v) is 4.57. The Morgan fingerprint density at radius 2 is 1.50 bits per heavy atom. The molecule has 0 N–H and O–H groups in total. The second kappa shape index (κ2) is 6.08. The lowest BCUT2D eigenvalue weighted by atomic mass is 10.0. The molecule has 0 aliphatic carbocycles. The molecule has 3 aromatic carbocycles. The number of aromatic nitrogens is 1. The highest BCUT2D eigenvalue weighted by Crippen LogP contribution is 2.38. The standard InChI is InChI=1S/C24H17NS/c1-16-11-12-25-22(13-16)19-8-10-23-21(14-19)20-9-7-18(15-24(20)26-23)17-5-3-2-4-6-17/h2-15H,1H3.